The van der Waals surface area contributed by atoms with Crippen LogP contribution in [0.3, 0.4) is 0 Å². The number of nitrogens with zero attached hydrogens (tertiary/aromatic N) is 1. The summed E-state index contributed by atoms with van der Waals surface area (Å²) in [7, 11) is 0. The fourth-order valence-corrected chi connectivity index (χ4v) is 5.94. The van der Waals surface area contributed by atoms with Crippen molar-refractivity contribution in [2.45, 2.75) is 165 Å². The van der Waals surface area contributed by atoms with Gasteiger partial charge in [-0.25, -0.2) is 24.0 Å². The zero-order valence-electron chi connectivity index (χ0n) is 55.0. The zero-order valence-corrected chi connectivity index (χ0v) is 57.0. The van der Waals surface area contributed by atoms with Gasteiger partial charge >= 0.3 is 65.4 Å². The van der Waals surface area contributed by atoms with Gasteiger partial charge in [-0.1, -0.05) is 6.92 Å². The van der Waals surface area contributed by atoms with E-state index in [1.54, 1.807) is 60.6 Å². The van der Waals surface area contributed by atoms with Crippen LogP contribution < -0.4 is 34.7 Å². The fraction of sp³-hybridized carbons (Fsp3) is 0.492. The SMILES string of the molecule is CC(=O)C(C)=C[O-].CCC(C)=O.CCOC(=O)C(N=O)=C(C)O.CCOC(=O)CC(C)=O.CCOC(=O)c1[nH]c(C)c(C)c1C(C)=O.CCOC(=O)c1[nH]c(C)c(C)c1C(C)=O.CCOC(=O)c1cc(C)c(C)[nH]1.CCOC(=O)c1cc(C)c(C)[nH]1.[Na+]. The van der Waals surface area contributed by atoms with Crippen LogP contribution in [-0.2, 0) is 52.4 Å². The van der Waals surface area contributed by atoms with E-state index in [1.807, 2.05) is 62.3 Å². The van der Waals surface area contributed by atoms with Gasteiger partial charge in [-0.15, -0.1) is 11.2 Å². The van der Waals surface area contributed by atoms with Crippen LogP contribution in [0.25, 0.3) is 0 Å². The molecule has 0 atom stereocenters. The molecular weight excluding hydrogens is 1150 g/mol. The Hall–Kier alpha value is -8.03. The van der Waals surface area contributed by atoms with Crippen molar-refractivity contribution in [3.05, 3.63) is 119 Å². The van der Waals surface area contributed by atoms with Gasteiger partial charge in [0.15, 0.2) is 17.3 Å². The fourth-order valence-electron chi connectivity index (χ4n) is 5.94. The number of ketones is 5. The second-order valence-electron chi connectivity index (χ2n) is 18.1. The van der Waals surface area contributed by atoms with Crippen LogP contribution in [0.1, 0.15) is 217 Å². The normalized spacial score (nSPS) is 9.98. The molecule has 26 heteroatoms. The molecule has 87 heavy (non-hydrogen) atoms. The average Bonchev–Trinajstić information content (AvgIpc) is 2.05. The number of carbonyl (C=O) groups excluding carboxylic acids is 11. The molecule has 4 rings (SSSR count). The van der Waals surface area contributed by atoms with Crippen molar-refractivity contribution >= 4 is 64.7 Å². The number of allylic oxidation sites excluding steroid dienone is 2. The number of aromatic nitrogens is 4. The van der Waals surface area contributed by atoms with E-state index in [-0.39, 0.29) is 100 Å². The quantitative estimate of drug-likeness (QED) is 0.00968. The minimum Gasteiger partial charge on any atom is -0.878 e. The predicted molar refractivity (Wildman–Crippen MR) is 320 cm³/mol. The summed E-state index contributed by atoms with van der Waals surface area (Å²) in [6.07, 6.45) is 1.12. The van der Waals surface area contributed by atoms with Gasteiger partial charge in [-0.2, -0.15) is 0 Å². The first-order valence-electron chi connectivity index (χ1n) is 27.3. The number of esters is 6. The van der Waals surface area contributed by atoms with Crippen molar-refractivity contribution in [3.63, 3.8) is 0 Å². The second kappa shape index (κ2) is 48.1. The maximum Gasteiger partial charge on any atom is 1.00 e. The molecule has 5 N–H and O–H groups in total. The van der Waals surface area contributed by atoms with Crippen molar-refractivity contribution < 1.29 is 121 Å². The van der Waals surface area contributed by atoms with Gasteiger partial charge in [0.2, 0.25) is 5.70 Å². The Balaban J connectivity index is -0.000000299. The third-order valence-corrected chi connectivity index (χ3v) is 11.0. The molecule has 0 bridgehead atoms. The number of carbonyl (C=O) groups is 11. The number of H-pyrrole nitrogens is 4. The van der Waals surface area contributed by atoms with Gasteiger partial charge in [0.1, 0.15) is 46.5 Å². The molecule has 0 amide bonds. The molecule has 0 fully saturated rings. The number of aromatic amines is 4. The Morgan fingerprint density at radius 3 is 1.02 bits per heavy atom. The molecule has 0 unspecified atom stereocenters. The number of aryl methyl sites for hydroxylation is 6. The summed E-state index contributed by atoms with van der Waals surface area (Å²) in [4.78, 5) is 141. The minimum atomic E-state index is -0.900. The summed E-state index contributed by atoms with van der Waals surface area (Å²) in [5.41, 5.74) is 9.62. The maximum atomic E-state index is 11.5. The third-order valence-electron chi connectivity index (χ3n) is 11.0. The predicted octanol–water partition coefficient (Wildman–Crippen LogP) is 7.10. The van der Waals surface area contributed by atoms with E-state index in [2.05, 4.69) is 34.6 Å². The Morgan fingerprint density at radius 1 is 0.494 bits per heavy atom. The Kier molecular flexibility index (Phi) is 48.5. The number of hydrogen-bond acceptors (Lipinski definition) is 21. The van der Waals surface area contributed by atoms with Gasteiger partial charge in [0, 0.05) is 29.2 Å². The number of hydrogen-bond donors (Lipinski definition) is 5. The van der Waals surface area contributed by atoms with Crippen LogP contribution in [-0.4, -0.2) is 129 Å². The summed E-state index contributed by atoms with van der Waals surface area (Å²) in [5, 5.41) is 20.7. The molecule has 0 aliphatic heterocycles. The Labute approximate surface area is 532 Å². The van der Waals surface area contributed by atoms with Crippen LogP contribution in [0.5, 0.6) is 0 Å². The van der Waals surface area contributed by atoms with Crippen molar-refractivity contribution in [2.24, 2.45) is 5.18 Å². The topological polar surface area (TPSA) is 379 Å². The second-order valence-corrected chi connectivity index (χ2v) is 18.1. The van der Waals surface area contributed by atoms with Crippen molar-refractivity contribution in [3.8, 4) is 0 Å². The average molecular weight is 1240 g/mol. The number of aliphatic hydroxyl groups excluding tert-OH is 1. The molecule has 0 spiro atoms. The van der Waals surface area contributed by atoms with Crippen LogP contribution >= 0.6 is 0 Å². The molecule has 0 aliphatic carbocycles. The van der Waals surface area contributed by atoms with E-state index >= 15 is 0 Å². The van der Waals surface area contributed by atoms with E-state index in [0.717, 1.165) is 45.0 Å². The smallest absolute Gasteiger partial charge is 0.878 e. The van der Waals surface area contributed by atoms with Crippen LogP contribution in [0.15, 0.2) is 40.6 Å². The summed E-state index contributed by atoms with van der Waals surface area (Å²) < 4.78 is 28.3. The van der Waals surface area contributed by atoms with E-state index in [1.165, 1.54) is 41.5 Å². The van der Waals surface area contributed by atoms with E-state index in [4.69, 9.17) is 24.1 Å². The van der Waals surface area contributed by atoms with Gasteiger partial charge in [0.05, 0.1) is 50.8 Å². The third kappa shape index (κ3) is 35.9. The van der Waals surface area contributed by atoms with Crippen molar-refractivity contribution in [1.82, 2.24) is 19.9 Å². The molecular formula is C61H90N5NaO20. The maximum absolute atomic E-state index is 11.5. The van der Waals surface area contributed by atoms with Gasteiger partial charge in [-0.3, -0.25) is 24.0 Å². The number of Topliss-reactive ketones (excluding diaryl/α,β-unsaturated/α-hetero) is 5. The molecule has 480 valence electrons. The van der Waals surface area contributed by atoms with E-state index < -0.39 is 35.3 Å². The van der Waals surface area contributed by atoms with Crippen LogP contribution in [0.4, 0.5) is 0 Å². The first-order chi connectivity index (χ1) is 40.0. The zero-order chi connectivity index (χ0) is 67.7. The summed E-state index contributed by atoms with van der Waals surface area (Å²) >= 11 is 0. The molecule has 0 aliphatic rings. The first-order valence-corrected chi connectivity index (χ1v) is 27.3. The summed E-state index contributed by atoms with van der Waals surface area (Å²) in [5.74, 6) is -3.60. The number of ether oxygens (including phenoxy) is 6. The van der Waals surface area contributed by atoms with Crippen molar-refractivity contribution in [1.29, 1.82) is 0 Å². The standard InChI is InChI=1S/2C11H15NO3.2C9H13NO2.C6H9NO4.C6H10O3.C5H8O2.C4H8O.Na/c2*1-5-15-11(14)10-9(8(4)13)6(2)7(3)12-10;2*1-4-12-9(11)8-5-6(2)7(3)10-8;1-3-11-6(9)5(7-10)4(2)8;1-3-9-6(8)4-5(2)7;1-4(3-6)5(2)7;1-3-4(2)5;/h2*12H,5H2,1-4H3;2*5,10H,4H2,1-3H3;8H,3H2,1-2H3;3-4H2,1-2H3;3,6H,1-2H3;3H2,1-2H3;/q;;;;;;;;+1/p-1. The Bertz CT molecular complexity index is 2790. The summed E-state index contributed by atoms with van der Waals surface area (Å²) in [6, 6.07) is 3.60. The molecule has 0 aromatic carbocycles. The largest absolute Gasteiger partial charge is 1.00 e. The molecule has 0 saturated heterocycles. The van der Waals surface area contributed by atoms with Gasteiger partial charge in [-0.05, 0) is 191 Å². The molecule has 4 aromatic heterocycles. The van der Waals surface area contributed by atoms with E-state index in [0.29, 0.717) is 68.2 Å². The van der Waals surface area contributed by atoms with Gasteiger partial charge < -0.3 is 63.4 Å². The van der Waals surface area contributed by atoms with Gasteiger partial charge in [0.25, 0.3) is 0 Å². The molecule has 25 nitrogen and oxygen atoms in total. The number of rotatable bonds is 18. The number of nitroso groups, excluding NO2 is 1. The number of nitrogens with one attached hydrogen (secondary N) is 4. The molecule has 4 aromatic rings. The number of aliphatic hydroxyl groups is 1. The monoisotopic (exact) mass is 1240 g/mol. The van der Waals surface area contributed by atoms with Crippen LogP contribution in [0, 0.1) is 60.3 Å². The molecule has 4 heterocycles. The Morgan fingerprint density at radius 2 is 0.816 bits per heavy atom. The molecule has 0 radical (unpaired) electrons. The van der Waals surface area contributed by atoms with Crippen molar-refractivity contribution in [2.75, 3.05) is 39.6 Å². The summed E-state index contributed by atoms with van der Waals surface area (Å²) in [6.45, 7) is 39.0. The minimum absolute atomic E-state index is 0. The molecule has 0 saturated carbocycles. The van der Waals surface area contributed by atoms with E-state index in [9.17, 15) is 62.8 Å². The first kappa shape index (κ1) is 87.7. The van der Waals surface area contributed by atoms with Crippen LogP contribution in [0.2, 0.25) is 0 Å².